The second-order valence-corrected chi connectivity index (χ2v) is 20.9. The van der Waals surface area contributed by atoms with Crippen LogP contribution in [0.15, 0.2) is 243 Å². The van der Waals surface area contributed by atoms with Crippen LogP contribution in [0.25, 0.3) is 72.1 Å². The summed E-state index contributed by atoms with van der Waals surface area (Å²) in [5, 5.41) is 2.02. The number of anilines is 4. The van der Waals surface area contributed by atoms with Gasteiger partial charge in [0, 0.05) is 63.1 Å². The highest BCUT2D eigenvalue weighted by molar-refractivity contribution is 6.09. The fourth-order valence-electron chi connectivity index (χ4n) is 11.1. The van der Waals surface area contributed by atoms with Crippen molar-refractivity contribution >= 4 is 44.6 Å². The molecule has 0 N–H and O–H groups in total. The zero-order chi connectivity index (χ0) is 62.5. The zero-order valence-corrected chi connectivity index (χ0v) is 44.6. The Morgan fingerprint density at radius 2 is 1.03 bits per heavy atom. The van der Waals surface area contributed by atoms with Gasteiger partial charge in [0.2, 0.25) is 0 Å². The molecule has 0 radical (unpaired) electrons. The third-order valence-electron chi connectivity index (χ3n) is 15.2. The zero-order valence-electron chi connectivity index (χ0n) is 54.6. The quantitative estimate of drug-likeness (QED) is 0.129. The van der Waals surface area contributed by atoms with Gasteiger partial charge in [0.25, 0.3) is 0 Å². The fraction of sp³-hybridized carbons (Fsp3) is 0.110. The summed E-state index contributed by atoms with van der Waals surface area (Å²) in [5.41, 5.74) is 12.1. The van der Waals surface area contributed by atoms with Gasteiger partial charge in [-0.15, -0.1) is 0 Å². The highest BCUT2D eigenvalue weighted by Crippen LogP contribution is 2.52. The number of fused-ring (bicyclic) bond motifs is 4. The SMILES string of the molecule is [2H]c1c([2H])c([2H])c(-c2cc(C(C)(C)C)cc(-c3c([2H])c([2H])c([2H])c([2H])c3[2H])c2N2CN(c3cccc(Oc4ccc5c6ccccc6n(-c6cc(Oc7c(-c8ccccc8)c(C)c(C)c(C)c7-c7ccccc7)ccn6)c5c4)c3)c3ccccc32)c([2H])c1[2H]. The van der Waals surface area contributed by atoms with Crippen LogP contribution in [0.4, 0.5) is 22.7 Å². The van der Waals surface area contributed by atoms with Crippen LogP contribution < -0.4 is 19.3 Å². The van der Waals surface area contributed by atoms with Crippen molar-refractivity contribution in [2.24, 2.45) is 0 Å². The molecule has 10 aromatic carbocycles. The first-order valence-electron chi connectivity index (χ1n) is 31.4. The molecule has 6 nitrogen and oxygen atoms in total. The number of hydrogen-bond acceptors (Lipinski definition) is 5. The molecule has 0 spiro atoms. The van der Waals surface area contributed by atoms with Crippen LogP contribution in [0.5, 0.6) is 23.0 Å². The average molecular weight is 1040 g/mol. The Hall–Kier alpha value is -9.65. The first-order chi connectivity index (χ1) is 42.7. The van der Waals surface area contributed by atoms with Gasteiger partial charge in [0.1, 0.15) is 35.5 Å². The van der Waals surface area contributed by atoms with Crippen molar-refractivity contribution in [3.63, 3.8) is 0 Å². The molecule has 0 aliphatic carbocycles. The van der Waals surface area contributed by atoms with Gasteiger partial charge in [-0.2, -0.15) is 0 Å². The van der Waals surface area contributed by atoms with Gasteiger partial charge in [0.05, 0.1) is 41.8 Å². The van der Waals surface area contributed by atoms with Gasteiger partial charge in [-0.25, -0.2) is 4.98 Å². The summed E-state index contributed by atoms with van der Waals surface area (Å²) in [6.45, 7) is 12.5. The summed E-state index contributed by atoms with van der Waals surface area (Å²) in [4.78, 5) is 8.98. The molecule has 384 valence electrons. The fourth-order valence-corrected chi connectivity index (χ4v) is 11.1. The predicted molar refractivity (Wildman–Crippen MR) is 328 cm³/mol. The van der Waals surface area contributed by atoms with Crippen LogP contribution >= 0.6 is 0 Å². The molecule has 6 heteroatoms. The molecule has 1 aliphatic heterocycles. The largest absolute Gasteiger partial charge is 0.457 e. The normalized spacial score (nSPS) is 14.1. The van der Waals surface area contributed by atoms with E-state index in [-0.39, 0.29) is 28.9 Å². The second kappa shape index (κ2) is 20.1. The highest BCUT2D eigenvalue weighted by atomic mass is 16.5. The van der Waals surface area contributed by atoms with Crippen LogP contribution in [-0.2, 0) is 5.41 Å². The number of aromatic nitrogens is 2. The van der Waals surface area contributed by atoms with Gasteiger partial charge in [-0.1, -0.05) is 178 Å². The maximum Gasteiger partial charge on any atom is 0.143 e. The van der Waals surface area contributed by atoms with Crippen LogP contribution in [0.1, 0.15) is 56.7 Å². The summed E-state index contributed by atoms with van der Waals surface area (Å²) in [5.74, 6) is 3.10. The average Bonchev–Trinajstić information content (AvgIpc) is 1.73. The van der Waals surface area contributed by atoms with E-state index in [4.69, 9.17) is 22.7 Å². The van der Waals surface area contributed by atoms with Crippen molar-refractivity contribution in [3.05, 3.63) is 265 Å². The van der Waals surface area contributed by atoms with E-state index in [0.717, 1.165) is 72.3 Å². The summed E-state index contributed by atoms with van der Waals surface area (Å²) >= 11 is 0. The molecular weight excluding hydrogens is 965 g/mol. The molecule has 2 aromatic heterocycles. The minimum atomic E-state index is -0.627. The molecule has 3 heterocycles. The Morgan fingerprint density at radius 3 is 1.66 bits per heavy atom. The molecule has 0 amide bonds. The molecule has 13 rings (SSSR count). The van der Waals surface area contributed by atoms with E-state index in [2.05, 4.69) is 97.0 Å². The van der Waals surface area contributed by atoms with Crippen LogP contribution in [0.2, 0.25) is 0 Å². The summed E-state index contributed by atoms with van der Waals surface area (Å²) in [6.07, 6.45) is 1.78. The molecule has 0 atom stereocenters. The number of benzene rings is 10. The standard InChI is InChI=1S/C73H60N4O2/c1-48-49(2)69(53-28-15-9-16-29-53)72(70(50(48)3)54-30-17-10-18-31-54)79-59-40-41-74-68(46-59)77-64-35-20-19-34-60(64)61-39-38-58(45-67(61)77)78-57-33-23-32-56(44-57)75-47-76(66-37-22-21-36-65(66)75)71-62(51-24-11-7-12-25-51)42-55(73(4,5)6)43-63(71)52-26-13-8-14-27-52/h7-46H,47H2,1-6H3/i7D,8D,11D,12D,13D,14D,24D,25D,26D,27D. The van der Waals surface area contributed by atoms with Gasteiger partial charge in [0.15, 0.2) is 0 Å². The molecule has 0 bridgehead atoms. The third kappa shape index (κ3) is 8.95. The van der Waals surface area contributed by atoms with E-state index in [1.807, 2.05) is 123 Å². The molecule has 1 aliphatic rings. The molecular formula is C73H60N4O2. The topological polar surface area (TPSA) is 42.8 Å². The number of para-hydroxylation sites is 3. The van der Waals surface area contributed by atoms with Crippen molar-refractivity contribution in [1.82, 2.24) is 9.55 Å². The van der Waals surface area contributed by atoms with E-state index < -0.39 is 65.8 Å². The lowest BCUT2D eigenvalue weighted by molar-refractivity contribution is 0.483. The predicted octanol–water partition coefficient (Wildman–Crippen LogP) is 19.9. The first kappa shape index (κ1) is 38.8. The van der Waals surface area contributed by atoms with Crippen molar-refractivity contribution in [1.29, 1.82) is 0 Å². The molecule has 12 aromatic rings. The Balaban J connectivity index is 0.908. The number of pyridine rings is 1. The Bertz CT molecular complexity index is 4660. The maximum absolute atomic E-state index is 9.33. The Kier molecular flexibility index (Phi) is 9.85. The minimum Gasteiger partial charge on any atom is -0.457 e. The molecule has 0 saturated carbocycles. The second-order valence-electron chi connectivity index (χ2n) is 20.9. The summed E-state index contributed by atoms with van der Waals surface area (Å²) < 4.78 is 106. The smallest absolute Gasteiger partial charge is 0.143 e. The van der Waals surface area contributed by atoms with E-state index in [0.29, 0.717) is 40.0 Å². The number of hydrogen-bond donors (Lipinski definition) is 0. The van der Waals surface area contributed by atoms with Crippen molar-refractivity contribution < 1.29 is 23.2 Å². The highest BCUT2D eigenvalue weighted by Gasteiger charge is 2.33. The van der Waals surface area contributed by atoms with E-state index in [1.165, 1.54) is 5.56 Å². The Labute approximate surface area is 477 Å². The van der Waals surface area contributed by atoms with Gasteiger partial charge in [-0.05, 0) is 131 Å². The van der Waals surface area contributed by atoms with E-state index in [9.17, 15) is 5.48 Å². The number of rotatable bonds is 11. The van der Waals surface area contributed by atoms with Gasteiger partial charge in [-0.3, -0.25) is 4.57 Å². The number of nitrogens with zero attached hydrogens (tertiary/aromatic N) is 4. The lowest BCUT2D eigenvalue weighted by Crippen LogP contribution is -2.25. The van der Waals surface area contributed by atoms with Crippen molar-refractivity contribution in [2.45, 2.75) is 47.0 Å². The molecule has 0 saturated heterocycles. The van der Waals surface area contributed by atoms with Crippen molar-refractivity contribution in [2.75, 3.05) is 16.5 Å². The lowest BCUT2D eigenvalue weighted by atomic mass is 9.82. The maximum atomic E-state index is 9.33. The van der Waals surface area contributed by atoms with Crippen LogP contribution in [0, 0.1) is 20.8 Å². The molecule has 0 unspecified atom stereocenters. The lowest BCUT2D eigenvalue weighted by Gasteiger charge is -2.30. The Morgan fingerprint density at radius 1 is 0.468 bits per heavy atom. The van der Waals surface area contributed by atoms with Crippen LogP contribution in [0.3, 0.4) is 0 Å². The van der Waals surface area contributed by atoms with Gasteiger partial charge >= 0.3 is 0 Å². The van der Waals surface area contributed by atoms with Crippen LogP contribution in [-0.4, -0.2) is 16.2 Å². The van der Waals surface area contributed by atoms with E-state index >= 15 is 0 Å². The van der Waals surface area contributed by atoms with Crippen molar-refractivity contribution in [3.8, 4) is 73.3 Å². The summed E-state index contributed by atoms with van der Waals surface area (Å²) in [6, 6.07) is 52.8. The first-order valence-corrected chi connectivity index (χ1v) is 26.4. The van der Waals surface area contributed by atoms with E-state index in [1.54, 1.807) is 18.3 Å². The number of ether oxygens (including phenoxy) is 2. The summed E-state index contributed by atoms with van der Waals surface area (Å²) in [7, 11) is 0. The molecule has 79 heavy (non-hydrogen) atoms. The van der Waals surface area contributed by atoms with Gasteiger partial charge < -0.3 is 19.3 Å². The third-order valence-corrected chi connectivity index (χ3v) is 15.2. The monoisotopic (exact) mass is 1030 g/mol. The minimum absolute atomic E-state index is 0.0844. The molecule has 0 fully saturated rings.